The van der Waals surface area contributed by atoms with Crippen molar-refractivity contribution >= 4 is 17.5 Å². The predicted molar refractivity (Wildman–Crippen MR) is 90.4 cm³/mol. The van der Waals surface area contributed by atoms with E-state index in [1.54, 1.807) is 22.1 Å². The minimum Gasteiger partial charge on any atom is -0.472 e. The van der Waals surface area contributed by atoms with Gasteiger partial charge in [0, 0.05) is 38.1 Å². The Morgan fingerprint density at radius 3 is 2.40 bits per heavy atom. The molecule has 1 saturated heterocycles. The van der Waals surface area contributed by atoms with Crippen LogP contribution in [0.25, 0.3) is 5.65 Å². The van der Waals surface area contributed by atoms with Gasteiger partial charge in [-0.2, -0.15) is 0 Å². The number of carbonyl (C=O) groups excluding carboxylic acids is 2. The fraction of sp³-hybridized carbons (Fsp3) is 0.278. The zero-order valence-electron chi connectivity index (χ0n) is 13.9. The van der Waals surface area contributed by atoms with Crippen molar-refractivity contribution in [2.24, 2.45) is 0 Å². The standard InChI is InChI=1S/C18H18N4O3/c1-13-3-2-4-16-19-15(11-22(13)16)18(24)21-8-6-20(7-9-21)17(23)14-5-10-25-12-14/h2-5,10-12H,6-9H2,1H3. The molecule has 1 aliphatic rings. The summed E-state index contributed by atoms with van der Waals surface area (Å²) in [7, 11) is 0. The third-order valence-corrected chi connectivity index (χ3v) is 4.54. The second-order valence-electron chi connectivity index (χ2n) is 6.12. The average Bonchev–Trinajstić information content (AvgIpc) is 3.31. The lowest BCUT2D eigenvalue weighted by Gasteiger charge is -2.34. The molecule has 0 aliphatic carbocycles. The van der Waals surface area contributed by atoms with Crippen molar-refractivity contribution in [2.45, 2.75) is 6.92 Å². The normalized spacial score (nSPS) is 14.9. The van der Waals surface area contributed by atoms with E-state index in [0.29, 0.717) is 37.4 Å². The number of piperazine rings is 1. The number of furan rings is 1. The molecule has 0 radical (unpaired) electrons. The van der Waals surface area contributed by atoms with Crippen LogP contribution >= 0.6 is 0 Å². The molecule has 7 nitrogen and oxygen atoms in total. The van der Waals surface area contributed by atoms with Gasteiger partial charge in [-0.05, 0) is 25.1 Å². The fourth-order valence-corrected chi connectivity index (χ4v) is 3.09. The number of nitrogens with zero attached hydrogens (tertiary/aromatic N) is 4. The number of fused-ring (bicyclic) bond motifs is 1. The summed E-state index contributed by atoms with van der Waals surface area (Å²) in [4.78, 5) is 32.9. The number of carbonyl (C=O) groups is 2. The molecule has 7 heteroatoms. The second kappa shape index (κ2) is 6.08. The van der Waals surface area contributed by atoms with Crippen molar-refractivity contribution in [3.8, 4) is 0 Å². The molecule has 0 saturated carbocycles. The molecule has 0 aromatic carbocycles. The topological polar surface area (TPSA) is 71.1 Å². The number of imidazole rings is 1. The second-order valence-corrected chi connectivity index (χ2v) is 6.12. The van der Waals surface area contributed by atoms with E-state index in [1.165, 1.54) is 12.5 Å². The fourth-order valence-electron chi connectivity index (χ4n) is 3.09. The number of amides is 2. The van der Waals surface area contributed by atoms with Gasteiger partial charge in [-0.25, -0.2) is 4.98 Å². The highest BCUT2D eigenvalue weighted by atomic mass is 16.3. The Kier molecular flexibility index (Phi) is 3.76. The first-order valence-electron chi connectivity index (χ1n) is 8.19. The van der Waals surface area contributed by atoms with E-state index in [0.717, 1.165) is 11.3 Å². The SMILES string of the molecule is Cc1cccc2nc(C(=O)N3CCN(C(=O)c4ccoc4)CC3)cn12. The van der Waals surface area contributed by atoms with Gasteiger partial charge in [-0.1, -0.05) is 6.07 Å². The van der Waals surface area contributed by atoms with Gasteiger partial charge in [-0.15, -0.1) is 0 Å². The van der Waals surface area contributed by atoms with Crippen LogP contribution in [0.1, 0.15) is 26.5 Å². The van der Waals surface area contributed by atoms with Crippen molar-refractivity contribution in [3.05, 3.63) is 59.9 Å². The molecule has 25 heavy (non-hydrogen) atoms. The number of rotatable bonds is 2. The summed E-state index contributed by atoms with van der Waals surface area (Å²) in [5.74, 6) is -0.164. The van der Waals surface area contributed by atoms with Gasteiger partial charge in [-0.3, -0.25) is 9.59 Å². The first-order chi connectivity index (χ1) is 12.1. The summed E-state index contributed by atoms with van der Waals surface area (Å²) >= 11 is 0. The van der Waals surface area contributed by atoms with Crippen molar-refractivity contribution in [3.63, 3.8) is 0 Å². The zero-order valence-corrected chi connectivity index (χ0v) is 13.9. The van der Waals surface area contributed by atoms with Crippen molar-refractivity contribution in [2.75, 3.05) is 26.2 Å². The van der Waals surface area contributed by atoms with Crippen LogP contribution in [0.2, 0.25) is 0 Å². The van der Waals surface area contributed by atoms with Crippen LogP contribution in [0.4, 0.5) is 0 Å². The highest BCUT2D eigenvalue weighted by Gasteiger charge is 2.27. The molecule has 0 bridgehead atoms. The van der Waals surface area contributed by atoms with E-state index in [4.69, 9.17) is 4.42 Å². The maximum absolute atomic E-state index is 12.7. The lowest BCUT2D eigenvalue weighted by Crippen LogP contribution is -2.50. The van der Waals surface area contributed by atoms with E-state index in [-0.39, 0.29) is 11.8 Å². The highest BCUT2D eigenvalue weighted by molar-refractivity contribution is 5.95. The summed E-state index contributed by atoms with van der Waals surface area (Å²) in [6.07, 6.45) is 4.70. The Morgan fingerprint density at radius 1 is 1.04 bits per heavy atom. The Bertz CT molecular complexity index is 921. The van der Waals surface area contributed by atoms with Crippen LogP contribution in [-0.4, -0.2) is 57.2 Å². The number of aromatic nitrogens is 2. The number of pyridine rings is 1. The number of hydrogen-bond donors (Lipinski definition) is 0. The van der Waals surface area contributed by atoms with E-state index in [1.807, 2.05) is 29.5 Å². The Labute approximate surface area is 144 Å². The molecule has 3 aromatic heterocycles. The van der Waals surface area contributed by atoms with Crippen molar-refractivity contribution < 1.29 is 14.0 Å². The quantitative estimate of drug-likeness (QED) is 0.715. The van der Waals surface area contributed by atoms with Gasteiger partial charge >= 0.3 is 0 Å². The minimum atomic E-state index is -0.0986. The lowest BCUT2D eigenvalue weighted by molar-refractivity contribution is 0.0532. The molecule has 0 unspecified atom stereocenters. The molecular formula is C18H18N4O3. The molecule has 1 aliphatic heterocycles. The lowest BCUT2D eigenvalue weighted by atomic mass is 10.2. The third kappa shape index (κ3) is 2.77. The summed E-state index contributed by atoms with van der Waals surface area (Å²) < 4.78 is 6.87. The van der Waals surface area contributed by atoms with E-state index < -0.39 is 0 Å². The van der Waals surface area contributed by atoms with Gasteiger partial charge in [0.1, 0.15) is 17.6 Å². The molecule has 3 aromatic rings. The number of hydrogen-bond acceptors (Lipinski definition) is 4. The molecule has 4 rings (SSSR count). The van der Waals surface area contributed by atoms with Crippen LogP contribution in [0.5, 0.6) is 0 Å². The Hall–Kier alpha value is -3.09. The van der Waals surface area contributed by atoms with Gasteiger partial charge in [0.2, 0.25) is 0 Å². The van der Waals surface area contributed by atoms with Crippen LogP contribution in [-0.2, 0) is 0 Å². The summed E-state index contributed by atoms with van der Waals surface area (Å²) in [5.41, 5.74) is 2.76. The van der Waals surface area contributed by atoms with Gasteiger partial charge < -0.3 is 18.6 Å². The monoisotopic (exact) mass is 338 g/mol. The first-order valence-corrected chi connectivity index (χ1v) is 8.19. The molecule has 4 heterocycles. The summed E-state index contributed by atoms with van der Waals surface area (Å²) in [6, 6.07) is 7.43. The van der Waals surface area contributed by atoms with Gasteiger partial charge in [0.05, 0.1) is 11.8 Å². The van der Waals surface area contributed by atoms with E-state index >= 15 is 0 Å². The summed E-state index contributed by atoms with van der Waals surface area (Å²) in [5, 5.41) is 0. The van der Waals surface area contributed by atoms with Crippen molar-refractivity contribution in [1.82, 2.24) is 19.2 Å². The van der Waals surface area contributed by atoms with E-state index in [9.17, 15) is 9.59 Å². The van der Waals surface area contributed by atoms with Crippen LogP contribution in [0.3, 0.4) is 0 Å². The molecule has 1 fully saturated rings. The molecule has 0 atom stereocenters. The predicted octanol–water partition coefficient (Wildman–Crippen LogP) is 1.83. The summed E-state index contributed by atoms with van der Waals surface area (Å²) in [6.45, 7) is 3.97. The largest absolute Gasteiger partial charge is 0.472 e. The van der Waals surface area contributed by atoms with Crippen LogP contribution in [0, 0.1) is 6.92 Å². The average molecular weight is 338 g/mol. The van der Waals surface area contributed by atoms with Gasteiger partial charge in [0.25, 0.3) is 11.8 Å². The first kappa shape index (κ1) is 15.4. The smallest absolute Gasteiger partial charge is 0.274 e. The van der Waals surface area contributed by atoms with Gasteiger partial charge in [0.15, 0.2) is 0 Å². The van der Waals surface area contributed by atoms with Crippen molar-refractivity contribution in [1.29, 1.82) is 0 Å². The molecule has 0 spiro atoms. The Morgan fingerprint density at radius 2 is 1.76 bits per heavy atom. The maximum Gasteiger partial charge on any atom is 0.274 e. The maximum atomic E-state index is 12.7. The van der Waals surface area contributed by atoms with E-state index in [2.05, 4.69) is 4.98 Å². The number of aryl methyl sites for hydroxylation is 1. The molecule has 2 amide bonds. The molecule has 0 N–H and O–H groups in total. The highest BCUT2D eigenvalue weighted by Crippen LogP contribution is 2.14. The minimum absolute atomic E-state index is 0.0656. The van der Waals surface area contributed by atoms with Crippen LogP contribution in [0.15, 0.2) is 47.4 Å². The molecular weight excluding hydrogens is 320 g/mol. The third-order valence-electron chi connectivity index (χ3n) is 4.54. The zero-order chi connectivity index (χ0) is 17.4. The molecule has 128 valence electrons. The Balaban J connectivity index is 1.45. The van der Waals surface area contributed by atoms with Crippen LogP contribution < -0.4 is 0 Å².